The van der Waals surface area contributed by atoms with Crippen LogP contribution in [0.15, 0.2) is 18.2 Å². The molecule has 1 N–H and O–H groups in total. The number of aryl methyl sites for hydroxylation is 2. The van der Waals surface area contributed by atoms with Crippen molar-refractivity contribution in [3.8, 4) is 0 Å². The van der Waals surface area contributed by atoms with E-state index < -0.39 is 0 Å². The van der Waals surface area contributed by atoms with E-state index >= 15 is 0 Å². The Bertz CT molecular complexity index is 735. The molecule has 116 valence electrons. The molecule has 0 aliphatic heterocycles. The van der Waals surface area contributed by atoms with E-state index in [-0.39, 0.29) is 11.7 Å². The summed E-state index contributed by atoms with van der Waals surface area (Å²) in [5.41, 5.74) is 2.90. The van der Waals surface area contributed by atoms with Gasteiger partial charge in [-0.1, -0.05) is 11.3 Å². The van der Waals surface area contributed by atoms with E-state index in [1.807, 2.05) is 32.8 Å². The van der Waals surface area contributed by atoms with Crippen molar-refractivity contribution >= 4 is 33.8 Å². The SMILES string of the molecule is CC(=O)c1ccc(NC(=O)c2sc(N(C)C)nc2C)cc1C. The predicted molar refractivity (Wildman–Crippen MR) is 90.3 cm³/mol. The van der Waals surface area contributed by atoms with Gasteiger partial charge in [0.1, 0.15) is 4.88 Å². The number of thiazole rings is 1. The van der Waals surface area contributed by atoms with Gasteiger partial charge in [0.15, 0.2) is 10.9 Å². The number of rotatable bonds is 4. The predicted octanol–water partition coefficient (Wildman–Crippen LogP) is 3.28. The number of hydrogen-bond acceptors (Lipinski definition) is 5. The third-order valence-electron chi connectivity index (χ3n) is 3.24. The number of nitrogens with zero attached hydrogens (tertiary/aromatic N) is 2. The van der Waals surface area contributed by atoms with E-state index in [1.165, 1.54) is 18.3 Å². The lowest BCUT2D eigenvalue weighted by Gasteiger charge is -2.08. The maximum absolute atomic E-state index is 12.4. The monoisotopic (exact) mass is 317 g/mol. The van der Waals surface area contributed by atoms with E-state index in [2.05, 4.69) is 10.3 Å². The molecule has 0 saturated heterocycles. The summed E-state index contributed by atoms with van der Waals surface area (Å²) in [6.45, 7) is 5.21. The fourth-order valence-corrected chi connectivity index (χ4v) is 2.99. The molecule has 6 heteroatoms. The van der Waals surface area contributed by atoms with E-state index in [0.717, 1.165) is 10.7 Å². The Balaban J connectivity index is 2.22. The highest BCUT2D eigenvalue weighted by molar-refractivity contribution is 7.17. The van der Waals surface area contributed by atoms with Gasteiger partial charge < -0.3 is 10.2 Å². The topological polar surface area (TPSA) is 62.3 Å². The molecule has 2 rings (SSSR count). The van der Waals surface area contributed by atoms with Gasteiger partial charge in [-0.15, -0.1) is 0 Å². The second kappa shape index (κ2) is 6.27. The van der Waals surface area contributed by atoms with Gasteiger partial charge in [-0.3, -0.25) is 9.59 Å². The van der Waals surface area contributed by atoms with E-state index in [1.54, 1.807) is 18.2 Å². The number of benzene rings is 1. The van der Waals surface area contributed by atoms with Crippen LogP contribution >= 0.6 is 11.3 Å². The maximum Gasteiger partial charge on any atom is 0.267 e. The molecule has 0 radical (unpaired) electrons. The second-order valence-corrected chi connectivity index (χ2v) is 6.32. The number of carbonyl (C=O) groups is 2. The smallest absolute Gasteiger partial charge is 0.267 e. The summed E-state index contributed by atoms with van der Waals surface area (Å²) >= 11 is 1.36. The zero-order chi connectivity index (χ0) is 16.4. The molecule has 0 bridgehead atoms. The first-order valence-electron chi connectivity index (χ1n) is 6.87. The Labute approximate surface area is 134 Å². The lowest BCUT2D eigenvalue weighted by Crippen LogP contribution is -2.12. The quantitative estimate of drug-likeness (QED) is 0.879. The summed E-state index contributed by atoms with van der Waals surface area (Å²) in [7, 11) is 3.79. The fraction of sp³-hybridized carbons (Fsp3) is 0.312. The molecule has 1 aromatic heterocycles. The lowest BCUT2D eigenvalue weighted by molar-refractivity contribution is 0.101. The minimum absolute atomic E-state index is 0.0179. The summed E-state index contributed by atoms with van der Waals surface area (Å²) in [6, 6.07) is 5.28. The van der Waals surface area contributed by atoms with Crippen LogP contribution in [0.5, 0.6) is 0 Å². The van der Waals surface area contributed by atoms with Gasteiger partial charge in [0.05, 0.1) is 5.69 Å². The molecule has 5 nitrogen and oxygen atoms in total. The summed E-state index contributed by atoms with van der Waals surface area (Å²) in [6.07, 6.45) is 0. The van der Waals surface area contributed by atoms with Crippen molar-refractivity contribution in [1.82, 2.24) is 4.98 Å². The molecule has 22 heavy (non-hydrogen) atoms. The molecule has 0 aliphatic rings. The molecular formula is C16H19N3O2S. The van der Waals surface area contributed by atoms with Crippen LogP contribution in [0.25, 0.3) is 0 Å². The molecule has 0 spiro atoms. The van der Waals surface area contributed by atoms with Gasteiger partial charge in [0.2, 0.25) is 0 Å². The van der Waals surface area contributed by atoms with Crippen molar-refractivity contribution in [3.63, 3.8) is 0 Å². The number of amides is 1. The Morgan fingerprint density at radius 1 is 1.23 bits per heavy atom. The molecule has 2 aromatic rings. The number of aromatic nitrogens is 1. The highest BCUT2D eigenvalue weighted by Crippen LogP contribution is 2.25. The van der Waals surface area contributed by atoms with Gasteiger partial charge in [0.25, 0.3) is 5.91 Å². The highest BCUT2D eigenvalue weighted by atomic mass is 32.1. The number of nitrogens with one attached hydrogen (secondary N) is 1. The van der Waals surface area contributed by atoms with Crippen LogP contribution in [0.1, 0.15) is 38.2 Å². The average molecular weight is 317 g/mol. The van der Waals surface area contributed by atoms with Crippen molar-refractivity contribution < 1.29 is 9.59 Å². The van der Waals surface area contributed by atoms with Crippen LogP contribution in [0, 0.1) is 13.8 Å². The Hall–Kier alpha value is -2.21. The van der Waals surface area contributed by atoms with E-state index in [9.17, 15) is 9.59 Å². The van der Waals surface area contributed by atoms with Crippen molar-refractivity contribution in [3.05, 3.63) is 39.9 Å². The first kappa shape index (κ1) is 16.2. The number of Topliss-reactive ketones (excluding diaryl/α,β-unsaturated/α-hetero) is 1. The zero-order valence-electron chi connectivity index (χ0n) is 13.4. The van der Waals surface area contributed by atoms with E-state index in [4.69, 9.17) is 0 Å². The van der Waals surface area contributed by atoms with Gasteiger partial charge >= 0.3 is 0 Å². The number of hydrogen-bond donors (Lipinski definition) is 1. The van der Waals surface area contributed by atoms with Crippen LogP contribution < -0.4 is 10.2 Å². The van der Waals surface area contributed by atoms with Gasteiger partial charge in [-0.2, -0.15) is 0 Å². The minimum atomic E-state index is -0.182. The molecule has 1 heterocycles. The molecule has 1 aromatic carbocycles. The molecule has 0 aliphatic carbocycles. The highest BCUT2D eigenvalue weighted by Gasteiger charge is 2.16. The van der Waals surface area contributed by atoms with Crippen molar-refractivity contribution in [2.45, 2.75) is 20.8 Å². The van der Waals surface area contributed by atoms with Crippen molar-refractivity contribution in [1.29, 1.82) is 0 Å². The van der Waals surface area contributed by atoms with Crippen molar-refractivity contribution in [2.24, 2.45) is 0 Å². The molecule has 0 saturated carbocycles. The normalized spacial score (nSPS) is 10.4. The number of ketones is 1. The van der Waals surface area contributed by atoms with Gasteiger partial charge in [-0.25, -0.2) is 4.98 Å². The Morgan fingerprint density at radius 3 is 2.41 bits per heavy atom. The summed E-state index contributed by atoms with van der Waals surface area (Å²) in [5.74, 6) is -0.164. The summed E-state index contributed by atoms with van der Waals surface area (Å²) < 4.78 is 0. The first-order chi connectivity index (χ1) is 10.3. The molecule has 1 amide bonds. The fourth-order valence-electron chi connectivity index (χ4n) is 2.11. The van der Waals surface area contributed by atoms with E-state index in [0.29, 0.717) is 21.8 Å². The molecule has 0 atom stereocenters. The molecule has 0 fully saturated rings. The van der Waals surface area contributed by atoms with Crippen LogP contribution in [-0.4, -0.2) is 30.8 Å². The van der Waals surface area contributed by atoms with Gasteiger partial charge in [0, 0.05) is 25.3 Å². The first-order valence-corrected chi connectivity index (χ1v) is 7.69. The summed E-state index contributed by atoms with van der Waals surface area (Å²) in [4.78, 5) is 30.6. The Kier molecular flexibility index (Phi) is 4.61. The van der Waals surface area contributed by atoms with Crippen LogP contribution in [0.3, 0.4) is 0 Å². The van der Waals surface area contributed by atoms with Crippen LogP contribution in [-0.2, 0) is 0 Å². The van der Waals surface area contributed by atoms with Crippen molar-refractivity contribution in [2.75, 3.05) is 24.3 Å². The summed E-state index contributed by atoms with van der Waals surface area (Å²) in [5, 5.41) is 3.66. The molecule has 0 unspecified atom stereocenters. The number of carbonyl (C=O) groups excluding carboxylic acids is 2. The van der Waals surface area contributed by atoms with Crippen LogP contribution in [0.2, 0.25) is 0 Å². The maximum atomic E-state index is 12.4. The van der Waals surface area contributed by atoms with Gasteiger partial charge in [-0.05, 0) is 44.5 Å². The second-order valence-electron chi connectivity index (χ2n) is 5.35. The lowest BCUT2D eigenvalue weighted by atomic mass is 10.0. The number of anilines is 2. The Morgan fingerprint density at radius 2 is 1.91 bits per heavy atom. The zero-order valence-corrected chi connectivity index (χ0v) is 14.2. The molecular weight excluding hydrogens is 298 g/mol. The minimum Gasteiger partial charge on any atom is -0.354 e. The third kappa shape index (κ3) is 3.33. The third-order valence-corrected chi connectivity index (χ3v) is 4.56. The largest absolute Gasteiger partial charge is 0.354 e. The average Bonchev–Trinajstić information content (AvgIpc) is 2.80. The van der Waals surface area contributed by atoms with Crippen LogP contribution in [0.4, 0.5) is 10.8 Å². The standard InChI is InChI=1S/C16H19N3O2S/c1-9-8-12(6-7-13(9)11(3)20)18-15(21)14-10(2)17-16(22-14)19(4)5/h6-8H,1-5H3,(H,18,21).